The summed E-state index contributed by atoms with van der Waals surface area (Å²) in [5.41, 5.74) is 0.115. The fraction of sp³-hybridized carbons (Fsp3) is 0.429. The van der Waals surface area contributed by atoms with Gasteiger partial charge in [-0.05, 0) is 24.6 Å². The Kier molecular flexibility index (Phi) is 4.69. The molecular weight excluding hydrogens is 296 g/mol. The van der Waals surface area contributed by atoms with Gasteiger partial charge in [0.05, 0.1) is 10.7 Å². The number of benzene rings is 1. The Bertz CT molecular complexity index is 556. The highest BCUT2D eigenvalue weighted by Gasteiger charge is 2.41. The Hall–Kier alpha value is -1.79. The number of urea groups is 1. The molecule has 0 aromatic heterocycles. The minimum atomic E-state index is -1.29. The fourth-order valence-electron chi connectivity index (χ4n) is 2.20. The largest absolute Gasteiger partial charge is 0.480 e. The standard InChI is InChI=1S/C14H17ClN2O4/c1-9-2-3-11(10(15)8-9)16-13(20)17-14(12(18)19)4-6-21-7-5-14/h2-3,8H,4-7H2,1H3,(H,18,19)(H2,16,17,20). The van der Waals surface area contributed by atoms with E-state index in [0.717, 1.165) is 5.56 Å². The third-order valence-corrected chi connectivity index (χ3v) is 3.79. The van der Waals surface area contributed by atoms with Crippen molar-refractivity contribution in [2.24, 2.45) is 0 Å². The summed E-state index contributed by atoms with van der Waals surface area (Å²) in [4.78, 5) is 23.5. The average molecular weight is 313 g/mol. The molecule has 0 spiro atoms. The number of halogens is 1. The lowest BCUT2D eigenvalue weighted by atomic mass is 9.90. The molecule has 7 heteroatoms. The molecule has 1 saturated heterocycles. The first kappa shape index (κ1) is 15.6. The Labute approximate surface area is 127 Å². The minimum absolute atomic E-state index is 0.234. The molecule has 1 aliphatic heterocycles. The van der Waals surface area contributed by atoms with E-state index in [-0.39, 0.29) is 12.8 Å². The van der Waals surface area contributed by atoms with Crippen LogP contribution in [0.1, 0.15) is 18.4 Å². The molecule has 114 valence electrons. The smallest absolute Gasteiger partial charge is 0.329 e. The van der Waals surface area contributed by atoms with Gasteiger partial charge >= 0.3 is 12.0 Å². The summed E-state index contributed by atoms with van der Waals surface area (Å²) >= 11 is 6.03. The van der Waals surface area contributed by atoms with E-state index in [1.165, 1.54) is 0 Å². The Morgan fingerprint density at radius 2 is 2.00 bits per heavy atom. The maximum absolute atomic E-state index is 12.0. The molecule has 3 N–H and O–H groups in total. The molecule has 1 aromatic carbocycles. The molecule has 1 aliphatic rings. The molecule has 1 heterocycles. The van der Waals surface area contributed by atoms with E-state index in [0.29, 0.717) is 23.9 Å². The first-order valence-electron chi connectivity index (χ1n) is 6.59. The number of amides is 2. The van der Waals surface area contributed by atoms with Gasteiger partial charge in [-0.3, -0.25) is 0 Å². The van der Waals surface area contributed by atoms with Gasteiger partial charge in [-0.25, -0.2) is 9.59 Å². The number of carboxylic acids is 1. The van der Waals surface area contributed by atoms with Gasteiger partial charge in [0.25, 0.3) is 0 Å². The summed E-state index contributed by atoms with van der Waals surface area (Å²) in [6, 6.07) is 4.61. The van der Waals surface area contributed by atoms with Crippen molar-refractivity contribution in [3.8, 4) is 0 Å². The predicted octanol–water partition coefficient (Wildman–Crippen LogP) is 2.40. The zero-order chi connectivity index (χ0) is 15.5. The van der Waals surface area contributed by atoms with Crippen molar-refractivity contribution in [1.82, 2.24) is 5.32 Å². The monoisotopic (exact) mass is 312 g/mol. The van der Waals surface area contributed by atoms with Crippen LogP contribution in [0.2, 0.25) is 5.02 Å². The van der Waals surface area contributed by atoms with Crippen LogP contribution in [-0.2, 0) is 9.53 Å². The molecule has 6 nitrogen and oxygen atoms in total. The Balaban J connectivity index is 2.07. The number of nitrogens with one attached hydrogen (secondary N) is 2. The van der Waals surface area contributed by atoms with Gasteiger partial charge in [-0.2, -0.15) is 0 Å². The molecular formula is C14H17ClN2O4. The maximum Gasteiger partial charge on any atom is 0.329 e. The highest BCUT2D eigenvalue weighted by atomic mass is 35.5. The van der Waals surface area contributed by atoms with E-state index in [9.17, 15) is 14.7 Å². The number of carboxylic acid groups (broad SMARTS) is 1. The second-order valence-corrected chi connectivity index (χ2v) is 5.47. The maximum atomic E-state index is 12.0. The summed E-state index contributed by atoms with van der Waals surface area (Å²) in [5.74, 6) is -1.06. The lowest BCUT2D eigenvalue weighted by Gasteiger charge is -2.33. The summed E-state index contributed by atoms with van der Waals surface area (Å²) < 4.78 is 5.15. The summed E-state index contributed by atoms with van der Waals surface area (Å²) in [5, 5.41) is 14.9. The molecule has 0 aliphatic carbocycles. The van der Waals surface area contributed by atoms with E-state index in [1.807, 2.05) is 13.0 Å². The summed E-state index contributed by atoms with van der Waals surface area (Å²) in [6.07, 6.45) is 0.467. The first-order valence-corrected chi connectivity index (χ1v) is 6.97. The van der Waals surface area contributed by atoms with Crippen LogP contribution < -0.4 is 10.6 Å². The lowest BCUT2D eigenvalue weighted by Crippen LogP contribution is -2.58. The van der Waals surface area contributed by atoms with Crippen molar-refractivity contribution in [3.63, 3.8) is 0 Å². The number of carbonyl (C=O) groups is 2. The van der Waals surface area contributed by atoms with E-state index in [1.54, 1.807) is 12.1 Å². The Morgan fingerprint density at radius 3 is 2.57 bits per heavy atom. The van der Waals surface area contributed by atoms with Gasteiger partial charge in [-0.1, -0.05) is 17.7 Å². The van der Waals surface area contributed by atoms with E-state index < -0.39 is 17.5 Å². The Morgan fingerprint density at radius 1 is 1.33 bits per heavy atom. The second-order valence-electron chi connectivity index (χ2n) is 5.06. The molecule has 0 atom stereocenters. The van der Waals surface area contributed by atoms with Crippen LogP contribution in [0, 0.1) is 6.92 Å². The van der Waals surface area contributed by atoms with Crippen molar-refractivity contribution in [2.75, 3.05) is 18.5 Å². The van der Waals surface area contributed by atoms with Crippen molar-refractivity contribution < 1.29 is 19.4 Å². The zero-order valence-corrected chi connectivity index (χ0v) is 12.4. The molecule has 0 radical (unpaired) electrons. The zero-order valence-electron chi connectivity index (χ0n) is 11.6. The van der Waals surface area contributed by atoms with Crippen LogP contribution in [0.4, 0.5) is 10.5 Å². The second kappa shape index (κ2) is 6.32. The van der Waals surface area contributed by atoms with Crippen LogP contribution in [0.3, 0.4) is 0 Å². The third-order valence-electron chi connectivity index (χ3n) is 3.48. The molecule has 2 rings (SSSR count). The van der Waals surface area contributed by atoms with Gasteiger partial charge in [0.15, 0.2) is 0 Å². The first-order chi connectivity index (χ1) is 9.93. The van der Waals surface area contributed by atoms with Crippen LogP contribution in [0.25, 0.3) is 0 Å². The summed E-state index contributed by atoms with van der Waals surface area (Å²) in [6.45, 7) is 2.49. The number of aliphatic carboxylic acids is 1. The van der Waals surface area contributed by atoms with E-state index in [2.05, 4.69) is 10.6 Å². The van der Waals surface area contributed by atoms with Gasteiger partial charge in [0.2, 0.25) is 0 Å². The van der Waals surface area contributed by atoms with Gasteiger partial charge in [0.1, 0.15) is 5.54 Å². The van der Waals surface area contributed by atoms with Crippen molar-refractivity contribution >= 4 is 29.3 Å². The molecule has 21 heavy (non-hydrogen) atoms. The van der Waals surface area contributed by atoms with Crippen molar-refractivity contribution in [1.29, 1.82) is 0 Å². The molecule has 1 aromatic rings. The van der Waals surface area contributed by atoms with Crippen molar-refractivity contribution in [3.05, 3.63) is 28.8 Å². The van der Waals surface area contributed by atoms with Crippen LogP contribution in [-0.4, -0.2) is 35.9 Å². The highest BCUT2D eigenvalue weighted by molar-refractivity contribution is 6.33. The number of hydrogen-bond acceptors (Lipinski definition) is 3. The topological polar surface area (TPSA) is 87.7 Å². The molecule has 2 amide bonds. The number of aryl methyl sites for hydroxylation is 1. The van der Waals surface area contributed by atoms with Crippen LogP contribution in [0.5, 0.6) is 0 Å². The van der Waals surface area contributed by atoms with Crippen LogP contribution in [0.15, 0.2) is 18.2 Å². The average Bonchev–Trinajstić information content (AvgIpc) is 2.43. The normalized spacial score (nSPS) is 17.0. The predicted molar refractivity (Wildman–Crippen MR) is 78.8 cm³/mol. The minimum Gasteiger partial charge on any atom is -0.480 e. The number of anilines is 1. The van der Waals surface area contributed by atoms with E-state index in [4.69, 9.17) is 16.3 Å². The molecule has 0 bridgehead atoms. The quantitative estimate of drug-likeness (QED) is 0.799. The molecule has 0 saturated carbocycles. The summed E-state index contributed by atoms with van der Waals surface area (Å²) in [7, 11) is 0. The third kappa shape index (κ3) is 3.65. The number of ether oxygens (including phenoxy) is 1. The van der Waals surface area contributed by atoms with Gasteiger partial charge in [0, 0.05) is 26.1 Å². The van der Waals surface area contributed by atoms with Gasteiger partial charge < -0.3 is 20.5 Å². The highest BCUT2D eigenvalue weighted by Crippen LogP contribution is 2.24. The molecule has 0 unspecified atom stereocenters. The van der Waals surface area contributed by atoms with E-state index >= 15 is 0 Å². The fourth-order valence-corrected chi connectivity index (χ4v) is 2.49. The lowest BCUT2D eigenvalue weighted by molar-refractivity contribution is -0.148. The molecule has 1 fully saturated rings. The number of rotatable bonds is 3. The number of carbonyl (C=O) groups excluding carboxylic acids is 1. The number of hydrogen-bond donors (Lipinski definition) is 3. The van der Waals surface area contributed by atoms with Crippen LogP contribution >= 0.6 is 11.6 Å². The van der Waals surface area contributed by atoms with Gasteiger partial charge in [-0.15, -0.1) is 0 Å². The van der Waals surface area contributed by atoms with Crippen molar-refractivity contribution in [2.45, 2.75) is 25.3 Å². The SMILES string of the molecule is Cc1ccc(NC(=O)NC2(C(=O)O)CCOCC2)c(Cl)c1.